The Hall–Kier alpha value is -2.57. The highest BCUT2D eigenvalue weighted by Crippen LogP contribution is 2.30. The van der Waals surface area contributed by atoms with Crippen molar-refractivity contribution in [3.63, 3.8) is 0 Å². The van der Waals surface area contributed by atoms with E-state index in [2.05, 4.69) is 5.32 Å². The number of hydrogen-bond acceptors (Lipinski definition) is 5. The van der Waals surface area contributed by atoms with Gasteiger partial charge < -0.3 is 19.5 Å². The molecule has 0 saturated carbocycles. The van der Waals surface area contributed by atoms with Gasteiger partial charge in [0.25, 0.3) is 0 Å². The number of hydrogen-bond donors (Lipinski definition) is 1. The Labute approximate surface area is 163 Å². The quantitative estimate of drug-likeness (QED) is 0.490. The molecule has 2 rings (SSSR count). The lowest BCUT2D eigenvalue weighted by Gasteiger charge is -2.12. The molecule has 0 saturated heterocycles. The minimum Gasteiger partial charge on any atom is -0.493 e. The van der Waals surface area contributed by atoms with Crippen LogP contribution in [0.1, 0.15) is 23.2 Å². The molecule has 144 valence electrons. The summed E-state index contributed by atoms with van der Waals surface area (Å²) in [5, 5.41) is 3.32. The van der Waals surface area contributed by atoms with Gasteiger partial charge in [-0.3, -0.25) is 9.59 Å². The molecular formula is C20H22ClNO5. The number of rotatable bonds is 10. The third-order valence-electron chi connectivity index (χ3n) is 3.74. The number of benzene rings is 2. The van der Waals surface area contributed by atoms with E-state index in [9.17, 15) is 9.59 Å². The van der Waals surface area contributed by atoms with Gasteiger partial charge in [-0.05, 0) is 36.4 Å². The molecule has 2 aromatic rings. The van der Waals surface area contributed by atoms with E-state index in [1.165, 1.54) is 0 Å². The van der Waals surface area contributed by atoms with Crippen LogP contribution in [0.2, 0.25) is 5.02 Å². The average Bonchev–Trinajstić information content (AvgIpc) is 2.67. The molecule has 27 heavy (non-hydrogen) atoms. The first kappa shape index (κ1) is 20.7. The Morgan fingerprint density at radius 3 is 2.37 bits per heavy atom. The van der Waals surface area contributed by atoms with E-state index >= 15 is 0 Å². The van der Waals surface area contributed by atoms with Crippen LogP contribution in [0, 0.1) is 0 Å². The van der Waals surface area contributed by atoms with Crippen molar-refractivity contribution in [3.05, 3.63) is 53.1 Å². The third-order valence-corrected chi connectivity index (χ3v) is 3.99. The molecule has 0 aromatic heterocycles. The van der Waals surface area contributed by atoms with E-state index in [1.54, 1.807) is 56.7 Å². The molecule has 0 heterocycles. The molecule has 7 heteroatoms. The number of carbonyl (C=O) groups excluding carboxylic acids is 2. The minimum absolute atomic E-state index is 0.0767. The summed E-state index contributed by atoms with van der Waals surface area (Å²) in [6, 6.07) is 11.7. The molecule has 0 aliphatic heterocycles. The van der Waals surface area contributed by atoms with Crippen LogP contribution in [0.4, 0.5) is 5.69 Å². The first-order chi connectivity index (χ1) is 13.0. The van der Waals surface area contributed by atoms with E-state index in [0.717, 1.165) is 0 Å². The van der Waals surface area contributed by atoms with Gasteiger partial charge in [0.05, 0.1) is 13.7 Å². The van der Waals surface area contributed by atoms with Crippen LogP contribution in [-0.4, -0.2) is 39.1 Å². The molecule has 0 unspecified atom stereocenters. The van der Waals surface area contributed by atoms with Crippen LogP contribution >= 0.6 is 11.6 Å². The van der Waals surface area contributed by atoms with Crippen LogP contribution in [0.5, 0.6) is 11.5 Å². The van der Waals surface area contributed by atoms with Gasteiger partial charge in [0, 0.05) is 42.3 Å². The summed E-state index contributed by atoms with van der Waals surface area (Å²) >= 11 is 5.81. The zero-order valence-electron chi connectivity index (χ0n) is 15.3. The lowest BCUT2D eigenvalue weighted by molar-refractivity contribution is -0.116. The maximum atomic E-state index is 12.2. The fourth-order valence-corrected chi connectivity index (χ4v) is 2.46. The van der Waals surface area contributed by atoms with Crippen LogP contribution in [0.15, 0.2) is 42.5 Å². The van der Waals surface area contributed by atoms with E-state index in [-0.39, 0.29) is 24.5 Å². The normalized spacial score (nSPS) is 10.3. The van der Waals surface area contributed by atoms with Crippen LogP contribution in [0.3, 0.4) is 0 Å². The van der Waals surface area contributed by atoms with Gasteiger partial charge in [-0.1, -0.05) is 11.6 Å². The number of ether oxygens (including phenoxy) is 3. The van der Waals surface area contributed by atoms with Crippen molar-refractivity contribution >= 4 is 29.0 Å². The van der Waals surface area contributed by atoms with Crippen molar-refractivity contribution in [2.45, 2.75) is 12.8 Å². The second-order valence-corrected chi connectivity index (χ2v) is 6.12. The van der Waals surface area contributed by atoms with Gasteiger partial charge in [0.1, 0.15) is 6.61 Å². The van der Waals surface area contributed by atoms with E-state index in [0.29, 0.717) is 41.0 Å². The first-order valence-corrected chi connectivity index (χ1v) is 8.79. The number of halogens is 1. The van der Waals surface area contributed by atoms with Crippen molar-refractivity contribution in [1.29, 1.82) is 0 Å². The molecule has 0 atom stereocenters. The molecule has 6 nitrogen and oxygen atoms in total. The predicted molar refractivity (Wildman–Crippen MR) is 104 cm³/mol. The Kier molecular flexibility index (Phi) is 8.10. The standard InChI is InChI=1S/C20H22ClNO5/c1-25-11-12-27-19-13-16(7-9-18(19)26-2)22-20(24)10-8-17(23)14-3-5-15(21)6-4-14/h3-7,9,13H,8,10-12H2,1-2H3,(H,22,24). The monoisotopic (exact) mass is 391 g/mol. The minimum atomic E-state index is -0.259. The summed E-state index contributed by atoms with van der Waals surface area (Å²) in [7, 11) is 3.13. The summed E-state index contributed by atoms with van der Waals surface area (Å²) in [6.07, 6.45) is 0.189. The Balaban J connectivity index is 1.91. The number of anilines is 1. The summed E-state index contributed by atoms with van der Waals surface area (Å²) < 4.78 is 15.8. The highest BCUT2D eigenvalue weighted by Gasteiger charge is 2.11. The number of carbonyl (C=O) groups is 2. The highest BCUT2D eigenvalue weighted by atomic mass is 35.5. The molecule has 0 bridgehead atoms. The SMILES string of the molecule is COCCOc1cc(NC(=O)CCC(=O)c2ccc(Cl)cc2)ccc1OC. The smallest absolute Gasteiger partial charge is 0.224 e. The number of methoxy groups -OCH3 is 2. The maximum Gasteiger partial charge on any atom is 0.224 e. The lowest BCUT2D eigenvalue weighted by atomic mass is 10.1. The third kappa shape index (κ3) is 6.58. The van der Waals surface area contributed by atoms with Crippen LogP contribution < -0.4 is 14.8 Å². The number of ketones is 1. The Morgan fingerprint density at radius 1 is 0.963 bits per heavy atom. The molecule has 0 aliphatic rings. The first-order valence-electron chi connectivity index (χ1n) is 8.42. The molecule has 1 N–H and O–H groups in total. The zero-order chi connectivity index (χ0) is 19.6. The van der Waals surface area contributed by atoms with Gasteiger partial charge >= 0.3 is 0 Å². The fourth-order valence-electron chi connectivity index (χ4n) is 2.33. The predicted octanol–water partition coefficient (Wildman–Crippen LogP) is 3.98. The molecule has 0 fully saturated rings. The van der Waals surface area contributed by atoms with Crippen molar-refractivity contribution in [3.8, 4) is 11.5 Å². The van der Waals surface area contributed by atoms with Gasteiger partial charge in [-0.15, -0.1) is 0 Å². The van der Waals surface area contributed by atoms with Gasteiger partial charge in [-0.25, -0.2) is 0 Å². The number of Topliss-reactive ketones (excluding diaryl/α,β-unsaturated/α-hetero) is 1. The number of amides is 1. The van der Waals surface area contributed by atoms with Gasteiger partial charge in [0.15, 0.2) is 17.3 Å². The van der Waals surface area contributed by atoms with Crippen molar-refractivity contribution in [1.82, 2.24) is 0 Å². The summed E-state index contributed by atoms with van der Waals surface area (Å²) in [4.78, 5) is 24.3. The van der Waals surface area contributed by atoms with E-state index in [1.807, 2.05) is 0 Å². The van der Waals surface area contributed by atoms with Crippen molar-refractivity contribution in [2.75, 3.05) is 32.8 Å². The second kappa shape index (κ2) is 10.5. The van der Waals surface area contributed by atoms with Crippen LogP contribution in [0.25, 0.3) is 0 Å². The average molecular weight is 392 g/mol. The molecule has 0 spiro atoms. The van der Waals surface area contributed by atoms with E-state index in [4.69, 9.17) is 25.8 Å². The molecular weight excluding hydrogens is 370 g/mol. The summed E-state index contributed by atoms with van der Waals surface area (Å²) in [6.45, 7) is 0.798. The van der Waals surface area contributed by atoms with E-state index < -0.39 is 0 Å². The maximum absolute atomic E-state index is 12.2. The summed E-state index contributed by atoms with van der Waals surface area (Å²) in [5.41, 5.74) is 1.10. The largest absolute Gasteiger partial charge is 0.493 e. The molecule has 2 aromatic carbocycles. The van der Waals surface area contributed by atoms with Crippen molar-refractivity contribution < 1.29 is 23.8 Å². The molecule has 1 amide bonds. The number of nitrogens with one attached hydrogen (secondary N) is 1. The Bertz CT molecular complexity index is 776. The Morgan fingerprint density at radius 2 is 1.70 bits per heavy atom. The van der Waals surface area contributed by atoms with Crippen molar-refractivity contribution in [2.24, 2.45) is 0 Å². The zero-order valence-corrected chi connectivity index (χ0v) is 16.0. The summed E-state index contributed by atoms with van der Waals surface area (Å²) in [5.74, 6) is 0.692. The highest BCUT2D eigenvalue weighted by molar-refractivity contribution is 6.30. The second-order valence-electron chi connectivity index (χ2n) is 5.69. The van der Waals surface area contributed by atoms with Gasteiger partial charge in [0.2, 0.25) is 5.91 Å². The lowest BCUT2D eigenvalue weighted by Crippen LogP contribution is -2.14. The topological polar surface area (TPSA) is 73.9 Å². The molecule has 0 aliphatic carbocycles. The fraction of sp³-hybridized carbons (Fsp3) is 0.300. The van der Waals surface area contributed by atoms with Crippen LogP contribution in [-0.2, 0) is 9.53 Å². The molecule has 0 radical (unpaired) electrons. The van der Waals surface area contributed by atoms with Gasteiger partial charge in [-0.2, -0.15) is 0 Å².